The fourth-order valence-electron chi connectivity index (χ4n) is 2.18. The van der Waals surface area contributed by atoms with Gasteiger partial charge in [0.1, 0.15) is 17.3 Å². The van der Waals surface area contributed by atoms with E-state index >= 15 is 0 Å². The van der Waals surface area contributed by atoms with Gasteiger partial charge >= 0.3 is 0 Å². The lowest BCUT2D eigenvalue weighted by Crippen LogP contribution is -2.17. The smallest absolute Gasteiger partial charge is 0.149 e. The van der Waals surface area contributed by atoms with Gasteiger partial charge in [-0.1, -0.05) is 13.0 Å². The molecule has 0 radical (unpaired) electrons. The molecule has 0 aromatic heterocycles. The van der Waals surface area contributed by atoms with Crippen molar-refractivity contribution in [2.75, 3.05) is 5.32 Å². The number of hydrogen-bond donors (Lipinski definition) is 1. The summed E-state index contributed by atoms with van der Waals surface area (Å²) in [5, 5.41) is 2.96. The first-order valence-corrected chi connectivity index (χ1v) is 5.37. The third-order valence-corrected chi connectivity index (χ3v) is 3.01. The topological polar surface area (TPSA) is 12.0 Å². The number of hydrogen-bond acceptors (Lipinski definition) is 1. The van der Waals surface area contributed by atoms with Crippen LogP contribution in [0.5, 0.6) is 0 Å². The molecule has 0 saturated heterocycles. The van der Waals surface area contributed by atoms with E-state index in [-0.39, 0.29) is 11.7 Å². The average Bonchev–Trinajstić information content (AvgIpc) is 2.58. The maximum Gasteiger partial charge on any atom is 0.149 e. The van der Waals surface area contributed by atoms with Crippen molar-refractivity contribution < 1.29 is 8.78 Å². The van der Waals surface area contributed by atoms with Crippen LogP contribution in [0.1, 0.15) is 26.2 Å². The van der Waals surface area contributed by atoms with Crippen LogP contribution in [-0.2, 0) is 0 Å². The van der Waals surface area contributed by atoms with Crippen LogP contribution in [0, 0.1) is 17.6 Å². The maximum absolute atomic E-state index is 13.3. The van der Waals surface area contributed by atoms with Crippen molar-refractivity contribution >= 4 is 5.69 Å². The predicted octanol–water partition coefficient (Wildman–Crippen LogP) is 3.57. The Morgan fingerprint density at radius 1 is 1.20 bits per heavy atom. The summed E-state index contributed by atoms with van der Waals surface area (Å²) < 4.78 is 26.6. The molecule has 1 aromatic carbocycles. The van der Waals surface area contributed by atoms with Gasteiger partial charge in [0.05, 0.1) is 0 Å². The van der Waals surface area contributed by atoms with Gasteiger partial charge in [-0.25, -0.2) is 8.78 Å². The Morgan fingerprint density at radius 2 is 1.87 bits per heavy atom. The fraction of sp³-hybridized carbons (Fsp3) is 0.500. The van der Waals surface area contributed by atoms with E-state index in [9.17, 15) is 8.78 Å². The molecular weight excluding hydrogens is 196 g/mol. The van der Waals surface area contributed by atoms with Gasteiger partial charge < -0.3 is 5.32 Å². The number of para-hydroxylation sites is 1. The molecule has 0 bridgehead atoms. The highest BCUT2D eigenvalue weighted by Crippen LogP contribution is 2.29. The molecule has 2 atom stereocenters. The Morgan fingerprint density at radius 3 is 2.40 bits per heavy atom. The molecule has 2 rings (SSSR count). The van der Waals surface area contributed by atoms with E-state index in [0.717, 1.165) is 19.3 Å². The lowest BCUT2D eigenvalue weighted by Gasteiger charge is -2.15. The van der Waals surface area contributed by atoms with Crippen molar-refractivity contribution in [3.63, 3.8) is 0 Å². The molecule has 1 saturated carbocycles. The molecule has 3 heteroatoms. The summed E-state index contributed by atoms with van der Waals surface area (Å²) in [6.45, 7) is 2.17. The number of nitrogens with one attached hydrogen (secondary N) is 1. The number of benzene rings is 1. The summed E-state index contributed by atoms with van der Waals surface area (Å²) in [6, 6.07) is 4.16. The molecule has 1 fully saturated rings. The number of anilines is 1. The Hall–Kier alpha value is -1.12. The van der Waals surface area contributed by atoms with Crippen molar-refractivity contribution in [2.24, 2.45) is 5.92 Å². The minimum atomic E-state index is -0.505. The van der Waals surface area contributed by atoms with Gasteiger partial charge in [-0.3, -0.25) is 0 Å². The Labute approximate surface area is 88.5 Å². The van der Waals surface area contributed by atoms with E-state index in [2.05, 4.69) is 12.2 Å². The highest BCUT2D eigenvalue weighted by molar-refractivity contribution is 5.47. The van der Waals surface area contributed by atoms with E-state index in [1.54, 1.807) is 0 Å². The molecule has 0 spiro atoms. The SMILES string of the molecule is CC1CCC(Nc2c(F)cccc2F)C1. The second-order valence-corrected chi connectivity index (χ2v) is 4.36. The lowest BCUT2D eigenvalue weighted by molar-refractivity contribution is 0.574. The van der Waals surface area contributed by atoms with Gasteiger partial charge in [0.2, 0.25) is 0 Å². The van der Waals surface area contributed by atoms with Crippen molar-refractivity contribution in [3.05, 3.63) is 29.8 Å². The van der Waals surface area contributed by atoms with Crippen molar-refractivity contribution in [3.8, 4) is 0 Å². The van der Waals surface area contributed by atoms with E-state index in [4.69, 9.17) is 0 Å². The van der Waals surface area contributed by atoms with Crippen LogP contribution in [0.4, 0.5) is 14.5 Å². The first-order chi connectivity index (χ1) is 7.16. The molecule has 0 heterocycles. The fourth-order valence-corrected chi connectivity index (χ4v) is 2.18. The van der Waals surface area contributed by atoms with Crippen molar-refractivity contribution in [1.82, 2.24) is 0 Å². The first kappa shape index (κ1) is 10.4. The molecule has 1 N–H and O–H groups in total. The molecular formula is C12H15F2N. The zero-order chi connectivity index (χ0) is 10.8. The molecule has 82 valence electrons. The van der Waals surface area contributed by atoms with Crippen LogP contribution in [0.15, 0.2) is 18.2 Å². The zero-order valence-corrected chi connectivity index (χ0v) is 8.76. The van der Waals surface area contributed by atoms with Gasteiger partial charge in [-0.15, -0.1) is 0 Å². The summed E-state index contributed by atoms with van der Waals surface area (Å²) in [5.74, 6) is -0.360. The third-order valence-electron chi connectivity index (χ3n) is 3.01. The van der Waals surface area contributed by atoms with E-state index in [0.29, 0.717) is 5.92 Å². The Kier molecular flexibility index (Phi) is 2.89. The highest BCUT2D eigenvalue weighted by Gasteiger charge is 2.22. The number of rotatable bonds is 2. The minimum Gasteiger partial charge on any atom is -0.378 e. The predicted molar refractivity (Wildman–Crippen MR) is 56.8 cm³/mol. The van der Waals surface area contributed by atoms with Gasteiger partial charge in [0.15, 0.2) is 0 Å². The molecule has 1 aliphatic rings. The quantitative estimate of drug-likeness (QED) is 0.788. The summed E-state index contributed by atoms with van der Waals surface area (Å²) >= 11 is 0. The average molecular weight is 211 g/mol. The largest absolute Gasteiger partial charge is 0.378 e. The second-order valence-electron chi connectivity index (χ2n) is 4.36. The van der Waals surface area contributed by atoms with Crippen LogP contribution in [-0.4, -0.2) is 6.04 Å². The van der Waals surface area contributed by atoms with Crippen LogP contribution < -0.4 is 5.32 Å². The molecule has 1 aliphatic carbocycles. The van der Waals surface area contributed by atoms with E-state index < -0.39 is 11.6 Å². The van der Waals surface area contributed by atoms with Crippen LogP contribution >= 0.6 is 0 Å². The molecule has 1 nitrogen and oxygen atoms in total. The molecule has 0 amide bonds. The molecule has 15 heavy (non-hydrogen) atoms. The van der Waals surface area contributed by atoms with E-state index in [1.165, 1.54) is 18.2 Å². The normalized spacial score (nSPS) is 25.5. The molecule has 2 unspecified atom stereocenters. The summed E-state index contributed by atoms with van der Waals surface area (Å²) in [7, 11) is 0. The number of halogens is 2. The monoisotopic (exact) mass is 211 g/mol. The molecule has 1 aromatic rings. The van der Waals surface area contributed by atoms with Crippen LogP contribution in [0.2, 0.25) is 0 Å². The third kappa shape index (κ3) is 2.28. The van der Waals surface area contributed by atoms with Crippen molar-refractivity contribution in [2.45, 2.75) is 32.2 Å². The first-order valence-electron chi connectivity index (χ1n) is 5.37. The molecule has 0 aliphatic heterocycles. The maximum atomic E-state index is 13.3. The summed E-state index contributed by atoms with van der Waals surface area (Å²) in [6.07, 6.45) is 3.12. The van der Waals surface area contributed by atoms with Crippen LogP contribution in [0.25, 0.3) is 0 Å². The highest BCUT2D eigenvalue weighted by atomic mass is 19.1. The minimum absolute atomic E-state index is 0.0246. The Balaban J connectivity index is 2.10. The van der Waals surface area contributed by atoms with Gasteiger partial charge in [-0.2, -0.15) is 0 Å². The van der Waals surface area contributed by atoms with Crippen molar-refractivity contribution in [1.29, 1.82) is 0 Å². The van der Waals surface area contributed by atoms with Gasteiger partial charge in [-0.05, 0) is 37.3 Å². The van der Waals surface area contributed by atoms with Gasteiger partial charge in [0, 0.05) is 6.04 Å². The second kappa shape index (κ2) is 4.17. The standard InChI is InChI=1S/C12H15F2N/c1-8-5-6-9(7-8)15-12-10(13)3-2-4-11(12)14/h2-4,8-9,15H,5-7H2,1H3. The zero-order valence-electron chi connectivity index (χ0n) is 8.76. The summed E-state index contributed by atoms with van der Waals surface area (Å²) in [5.41, 5.74) is 0.0246. The van der Waals surface area contributed by atoms with Gasteiger partial charge in [0.25, 0.3) is 0 Å². The van der Waals surface area contributed by atoms with Crippen LogP contribution in [0.3, 0.4) is 0 Å². The lowest BCUT2D eigenvalue weighted by atomic mass is 10.1. The Bertz CT molecular complexity index is 331. The summed E-state index contributed by atoms with van der Waals surface area (Å²) in [4.78, 5) is 0. The van der Waals surface area contributed by atoms with E-state index in [1.807, 2.05) is 0 Å².